The van der Waals surface area contributed by atoms with E-state index in [0.29, 0.717) is 13.2 Å². The summed E-state index contributed by atoms with van der Waals surface area (Å²) in [5.41, 5.74) is 0.822. The Labute approximate surface area is 108 Å². The molecular weight excluding hydrogens is 228 g/mol. The summed E-state index contributed by atoms with van der Waals surface area (Å²) in [6, 6.07) is 7.48. The molecule has 0 atom stereocenters. The number of hydrogen-bond acceptors (Lipinski definition) is 3. The molecule has 0 aromatic heterocycles. The van der Waals surface area contributed by atoms with Gasteiger partial charge in [-0.3, -0.25) is 9.69 Å². The molecule has 0 unspecified atom stereocenters. The molecule has 4 heteroatoms. The molecule has 1 fully saturated rings. The lowest BCUT2D eigenvalue weighted by atomic mass is 10.3. The fraction of sp³-hybridized carbons (Fsp3) is 0.500. The molecule has 1 aromatic carbocycles. The van der Waals surface area contributed by atoms with Gasteiger partial charge in [0.15, 0.2) is 0 Å². The van der Waals surface area contributed by atoms with Gasteiger partial charge in [-0.05, 0) is 57.1 Å². The van der Waals surface area contributed by atoms with E-state index in [9.17, 15) is 4.79 Å². The van der Waals surface area contributed by atoms with E-state index in [1.54, 1.807) is 0 Å². The maximum Gasteiger partial charge on any atom is 0.238 e. The number of hydrogen-bond donors (Lipinski definition) is 1. The van der Waals surface area contributed by atoms with E-state index in [1.165, 1.54) is 12.8 Å². The molecule has 1 N–H and O–H groups in total. The third-order valence-electron chi connectivity index (χ3n) is 3.01. The Balaban J connectivity index is 1.82. The zero-order valence-electron chi connectivity index (χ0n) is 10.8. The first-order chi connectivity index (χ1) is 8.78. The highest BCUT2D eigenvalue weighted by molar-refractivity contribution is 5.92. The topological polar surface area (TPSA) is 41.6 Å². The standard InChI is InChI=1S/C14H20N2O2/c1-2-18-13-7-5-12(6-8-13)15-14(17)11-16-9-3-4-10-16/h5-8H,2-4,9-11H2,1H3,(H,15,17). The fourth-order valence-corrected chi connectivity index (χ4v) is 2.15. The second-order valence-corrected chi connectivity index (χ2v) is 4.49. The SMILES string of the molecule is CCOc1ccc(NC(=O)CN2CCCC2)cc1. The summed E-state index contributed by atoms with van der Waals surface area (Å²) in [7, 11) is 0. The molecule has 1 aromatic rings. The minimum Gasteiger partial charge on any atom is -0.494 e. The third kappa shape index (κ3) is 3.74. The zero-order chi connectivity index (χ0) is 12.8. The minimum atomic E-state index is 0.0565. The Morgan fingerprint density at radius 3 is 2.56 bits per heavy atom. The molecule has 4 nitrogen and oxygen atoms in total. The van der Waals surface area contributed by atoms with Crippen LogP contribution in [0.25, 0.3) is 0 Å². The molecule has 1 aliphatic heterocycles. The summed E-state index contributed by atoms with van der Waals surface area (Å²) in [5.74, 6) is 0.885. The highest BCUT2D eigenvalue weighted by Crippen LogP contribution is 2.15. The Morgan fingerprint density at radius 1 is 1.28 bits per heavy atom. The van der Waals surface area contributed by atoms with Crippen molar-refractivity contribution in [2.45, 2.75) is 19.8 Å². The number of carbonyl (C=O) groups excluding carboxylic acids is 1. The first kappa shape index (κ1) is 12.9. The molecule has 1 heterocycles. The van der Waals surface area contributed by atoms with Gasteiger partial charge in [-0.1, -0.05) is 0 Å². The van der Waals surface area contributed by atoms with Gasteiger partial charge < -0.3 is 10.1 Å². The lowest BCUT2D eigenvalue weighted by Crippen LogP contribution is -2.30. The first-order valence-corrected chi connectivity index (χ1v) is 6.53. The average molecular weight is 248 g/mol. The van der Waals surface area contributed by atoms with Crippen molar-refractivity contribution in [3.8, 4) is 5.75 Å². The molecule has 0 aliphatic carbocycles. The summed E-state index contributed by atoms with van der Waals surface area (Å²) in [5, 5.41) is 2.90. The van der Waals surface area contributed by atoms with Crippen molar-refractivity contribution < 1.29 is 9.53 Å². The highest BCUT2D eigenvalue weighted by Gasteiger charge is 2.14. The number of benzene rings is 1. The number of likely N-dealkylation sites (tertiary alicyclic amines) is 1. The predicted octanol–water partition coefficient (Wildman–Crippen LogP) is 2.12. The van der Waals surface area contributed by atoms with Crippen molar-refractivity contribution in [1.29, 1.82) is 0 Å². The van der Waals surface area contributed by atoms with E-state index < -0.39 is 0 Å². The monoisotopic (exact) mass is 248 g/mol. The van der Waals surface area contributed by atoms with Gasteiger partial charge in [-0.15, -0.1) is 0 Å². The lowest BCUT2D eigenvalue weighted by Gasteiger charge is -2.14. The Kier molecular flexibility index (Phi) is 4.59. The van der Waals surface area contributed by atoms with Crippen LogP contribution in [0.4, 0.5) is 5.69 Å². The average Bonchev–Trinajstić information content (AvgIpc) is 2.84. The van der Waals surface area contributed by atoms with Crippen LogP contribution in [0.3, 0.4) is 0 Å². The molecule has 18 heavy (non-hydrogen) atoms. The number of anilines is 1. The second-order valence-electron chi connectivity index (χ2n) is 4.49. The molecule has 0 radical (unpaired) electrons. The highest BCUT2D eigenvalue weighted by atomic mass is 16.5. The Hall–Kier alpha value is -1.55. The van der Waals surface area contributed by atoms with Crippen LogP contribution in [0.5, 0.6) is 5.75 Å². The van der Waals surface area contributed by atoms with Crippen LogP contribution >= 0.6 is 0 Å². The van der Waals surface area contributed by atoms with Crippen molar-refractivity contribution in [2.75, 3.05) is 31.6 Å². The van der Waals surface area contributed by atoms with Crippen molar-refractivity contribution in [1.82, 2.24) is 4.90 Å². The summed E-state index contributed by atoms with van der Waals surface area (Å²) in [6.45, 7) is 5.17. The molecule has 0 saturated carbocycles. The van der Waals surface area contributed by atoms with E-state index in [-0.39, 0.29) is 5.91 Å². The number of nitrogens with one attached hydrogen (secondary N) is 1. The van der Waals surface area contributed by atoms with E-state index in [2.05, 4.69) is 10.2 Å². The normalized spacial score (nSPS) is 15.6. The number of amides is 1. The van der Waals surface area contributed by atoms with Gasteiger partial charge in [0.05, 0.1) is 13.2 Å². The maximum atomic E-state index is 11.8. The van der Waals surface area contributed by atoms with Crippen LogP contribution in [0.15, 0.2) is 24.3 Å². The summed E-state index contributed by atoms with van der Waals surface area (Å²) < 4.78 is 5.35. The van der Waals surface area contributed by atoms with Gasteiger partial charge in [0.1, 0.15) is 5.75 Å². The van der Waals surface area contributed by atoms with E-state index in [0.717, 1.165) is 24.5 Å². The minimum absolute atomic E-state index is 0.0565. The van der Waals surface area contributed by atoms with Crippen molar-refractivity contribution in [3.05, 3.63) is 24.3 Å². The van der Waals surface area contributed by atoms with Crippen LogP contribution in [0.2, 0.25) is 0 Å². The van der Waals surface area contributed by atoms with Gasteiger partial charge in [0.2, 0.25) is 5.91 Å². The smallest absolute Gasteiger partial charge is 0.238 e. The largest absolute Gasteiger partial charge is 0.494 e. The number of nitrogens with zero attached hydrogens (tertiary/aromatic N) is 1. The molecular formula is C14H20N2O2. The van der Waals surface area contributed by atoms with Crippen molar-refractivity contribution in [3.63, 3.8) is 0 Å². The van der Waals surface area contributed by atoms with Crippen molar-refractivity contribution >= 4 is 11.6 Å². The van der Waals surface area contributed by atoms with Crippen LogP contribution in [0.1, 0.15) is 19.8 Å². The number of carbonyl (C=O) groups is 1. The van der Waals surface area contributed by atoms with Crippen molar-refractivity contribution in [2.24, 2.45) is 0 Å². The molecule has 0 bridgehead atoms. The third-order valence-corrected chi connectivity index (χ3v) is 3.01. The molecule has 0 spiro atoms. The second kappa shape index (κ2) is 6.40. The lowest BCUT2D eigenvalue weighted by molar-refractivity contribution is -0.117. The fourth-order valence-electron chi connectivity index (χ4n) is 2.15. The van der Waals surface area contributed by atoms with Gasteiger partial charge in [-0.2, -0.15) is 0 Å². The van der Waals surface area contributed by atoms with Gasteiger partial charge >= 0.3 is 0 Å². The van der Waals surface area contributed by atoms with Gasteiger partial charge in [0, 0.05) is 5.69 Å². The van der Waals surface area contributed by atoms with Crippen LogP contribution in [-0.4, -0.2) is 37.0 Å². The molecule has 2 rings (SSSR count). The Morgan fingerprint density at radius 2 is 1.94 bits per heavy atom. The Bertz CT molecular complexity index is 383. The summed E-state index contributed by atoms with van der Waals surface area (Å²) >= 11 is 0. The summed E-state index contributed by atoms with van der Waals surface area (Å²) in [4.78, 5) is 14.0. The molecule has 1 amide bonds. The van der Waals surface area contributed by atoms with E-state index in [4.69, 9.17) is 4.74 Å². The molecule has 98 valence electrons. The van der Waals surface area contributed by atoms with Crippen LogP contribution in [-0.2, 0) is 4.79 Å². The van der Waals surface area contributed by atoms with Gasteiger partial charge in [-0.25, -0.2) is 0 Å². The quantitative estimate of drug-likeness (QED) is 0.867. The number of rotatable bonds is 5. The summed E-state index contributed by atoms with van der Waals surface area (Å²) in [6.07, 6.45) is 2.41. The molecule has 1 aliphatic rings. The zero-order valence-corrected chi connectivity index (χ0v) is 10.8. The number of ether oxygens (including phenoxy) is 1. The van der Waals surface area contributed by atoms with Crippen LogP contribution in [0, 0.1) is 0 Å². The van der Waals surface area contributed by atoms with Gasteiger partial charge in [0.25, 0.3) is 0 Å². The van der Waals surface area contributed by atoms with E-state index in [1.807, 2.05) is 31.2 Å². The first-order valence-electron chi connectivity index (χ1n) is 6.53. The maximum absolute atomic E-state index is 11.8. The molecule has 1 saturated heterocycles. The van der Waals surface area contributed by atoms with E-state index >= 15 is 0 Å². The predicted molar refractivity (Wildman–Crippen MR) is 71.9 cm³/mol. The van der Waals surface area contributed by atoms with Crippen LogP contribution < -0.4 is 10.1 Å².